The Bertz CT molecular complexity index is 1130. The molecule has 2 heterocycles. The number of piperazine rings is 1. The summed E-state index contributed by atoms with van der Waals surface area (Å²) < 4.78 is 54.8. The summed E-state index contributed by atoms with van der Waals surface area (Å²) in [6.07, 6.45) is 4.98. The molecule has 1 fully saturated rings. The van der Waals surface area contributed by atoms with E-state index in [1.165, 1.54) is 11.0 Å². The van der Waals surface area contributed by atoms with Crippen molar-refractivity contribution in [2.45, 2.75) is 38.1 Å². The lowest BCUT2D eigenvalue weighted by atomic mass is 10.2. The third-order valence-electron chi connectivity index (χ3n) is 5.30. The van der Waals surface area contributed by atoms with Gasteiger partial charge in [0.05, 0.1) is 10.6 Å². The predicted octanol–water partition coefficient (Wildman–Crippen LogP) is 3.47. The Hall–Kier alpha value is -2.30. The fraction of sp³-hybridized carbons (Fsp3) is 0.429. The highest BCUT2D eigenvalue weighted by molar-refractivity contribution is 7.89. The van der Waals surface area contributed by atoms with Gasteiger partial charge in [-0.15, -0.1) is 0 Å². The van der Waals surface area contributed by atoms with E-state index in [0.29, 0.717) is 23.3 Å². The second-order valence-electron chi connectivity index (χ2n) is 7.51. The molecule has 1 saturated heterocycles. The predicted molar refractivity (Wildman–Crippen MR) is 118 cm³/mol. The zero-order chi connectivity index (χ0) is 23.5. The minimum absolute atomic E-state index is 0.0512. The lowest BCUT2D eigenvalue weighted by molar-refractivity contribution is -0.127. The van der Waals surface area contributed by atoms with Crippen molar-refractivity contribution in [2.75, 3.05) is 26.2 Å². The molecule has 2 aromatic rings. The maximum absolute atomic E-state index is 13.5. The first-order valence-electron chi connectivity index (χ1n) is 10.3. The van der Waals surface area contributed by atoms with Gasteiger partial charge in [0.25, 0.3) is 0 Å². The van der Waals surface area contributed by atoms with Gasteiger partial charge >= 0.3 is 0 Å². The van der Waals surface area contributed by atoms with E-state index in [9.17, 15) is 22.0 Å². The van der Waals surface area contributed by atoms with Crippen molar-refractivity contribution in [3.63, 3.8) is 0 Å². The quantitative estimate of drug-likeness (QED) is 0.562. The molecule has 0 radical (unpaired) electrons. The van der Waals surface area contributed by atoms with Crippen molar-refractivity contribution in [2.24, 2.45) is 0 Å². The molecule has 1 aliphatic heterocycles. The summed E-state index contributed by atoms with van der Waals surface area (Å²) in [4.78, 5) is 13.8. The number of amides is 1. The average Bonchev–Trinajstić information content (AvgIpc) is 3.04. The van der Waals surface area contributed by atoms with Crippen LogP contribution in [0.5, 0.6) is 0 Å². The molecule has 1 amide bonds. The number of hydrogen-bond acceptors (Lipinski definition) is 4. The lowest BCUT2D eigenvalue weighted by Gasteiger charge is -2.33. The first kappa shape index (κ1) is 24.3. The molecule has 0 unspecified atom stereocenters. The van der Waals surface area contributed by atoms with Gasteiger partial charge < -0.3 is 4.90 Å². The number of unbranched alkanes of at least 4 members (excludes halogenated alkanes) is 1. The molecule has 1 aliphatic rings. The van der Waals surface area contributed by atoms with E-state index < -0.39 is 21.7 Å². The molecule has 0 N–H and O–H groups in total. The van der Waals surface area contributed by atoms with E-state index in [0.717, 1.165) is 35.0 Å². The normalized spacial score (nSPS) is 15.6. The van der Waals surface area contributed by atoms with Crippen LogP contribution < -0.4 is 0 Å². The zero-order valence-corrected chi connectivity index (χ0v) is 19.5. The molecule has 7 nitrogen and oxygen atoms in total. The van der Waals surface area contributed by atoms with E-state index in [2.05, 4.69) is 12.0 Å². The molecular formula is C21H25ClF2N4O3S. The van der Waals surface area contributed by atoms with Gasteiger partial charge in [-0.1, -0.05) is 24.9 Å². The second-order valence-corrected chi connectivity index (χ2v) is 9.80. The summed E-state index contributed by atoms with van der Waals surface area (Å²) in [5, 5.41) is 4.88. The minimum Gasteiger partial charge on any atom is -0.337 e. The summed E-state index contributed by atoms with van der Waals surface area (Å²) in [5.41, 5.74) is 1.40. The summed E-state index contributed by atoms with van der Waals surface area (Å²) >= 11 is 6.38. The molecule has 32 heavy (non-hydrogen) atoms. The number of rotatable bonds is 7. The zero-order valence-electron chi connectivity index (χ0n) is 17.9. The SMILES string of the molecule is CCCCn1nc(C)c(/C=C/C(=O)N2CCN(S(=O)(=O)c3ccc(F)c(F)c3)CC2)c1Cl. The number of carbonyl (C=O) groups is 1. The number of aryl methyl sites for hydroxylation is 2. The Morgan fingerprint density at radius 2 is 1.88 bits per heavy atom. The highest BCUT2D eigenvalue weighted by atomic mass is 35.5. The van der Waals surface area contributed by atoms with Gasteiger partial charge in [0.1, 0.15) is 5.15 Å². The number of hydrogen-bond donors (Lipinski definition) is 0. The van der Waals surface area contributed by atoms with Gasteiger partial charge in [-0.3, -0.25) is 9.48 Å². The van der Waals surface area contributed by atoms with Crippen molar-refractivity contribution < 1.29 is 22.0 Å². The number of benzene rings is 1. The monoisotopic (exact) mass is 486 g/mol. The minimum atomic E-state index is -3.98. The van der Waals surface area contributed by atoms with Crippen molar-refractivity contribution in [3.05, 3.63) is 52.3 Å². The van der Waals surface area contributed by atoms with Gasteiger partial charge in [-0.25, -0.2) is 17.2 Å². The molecule has 0 saturated carbocycles. The van der Waals surface area contributed by atoms with Crippen LogP contribution in [0.1, 0.15) is 31.0 Å². The molecule has 0 atom stereocenters. The van der Waals surface area contributed by atoms with Gasteiger partial charge in [-0.2, -0.15) is 9.40 Å². The van der Waals surface area contributed by atoms with Crippen LogP contribution in [0.15, 0.2) is 29.2 Å². The van der Waals surface area contributed by atoms with Gasteiger partial charge in [-0.05, 0) is 37.6 Å². The maximum Gasteiger partial charge on any atom is 0.246 e. The standard InChI is InChI=1S/C21H25ClF2N4O3S/c1-3-4-9-28-21(22)17(15(2)25-28)6-8-20(29)26-10-12-27(13-11-26)32(30,31)16-5-7-18(23)19(24)14-16/h5-8,14H,3-4,9-13H2,1-2H3/b8-6+. The van der Waals surface area contributed by atoms with Crippen LogP contribution in [0.2, 0.25) is 5.15 Å². The topological polar surface area (TPSA) is 75.5 Å². The highest BCUT2D eigenvalue weighted by Crippen LogP contribution is 2.23. The first-order valence-corrected chi connectivity index (χ1v) is 12.1. The number of halogens is 3. The number of carbonyl (C=O) groups excluding carboxylic acids is 1. The molecule has 1 aromatic carbocycles. The Morgan fingerprint density at radius 1 is 1.19 bits per heavy atom. The molecular weight excluding hydrogens is 462 g/mol. The Labute approximate surface area is 191 Å². The van der Waals surface area contributed by atoms with Crippen LogP contribution in [-0.2, 0) is 21.4 Å². The smallest absolute Gasteiger partial charge is 0.246 e. The Morgan fingerprint density at radius 3 is 2.50 bits per heavy atom. The van der Waals surface area contributed by atoms with Crippen LogP contribution in [0.3, 0.4) is 0 Å². The van der Waals surface area contributed by atoms with Crippen molar-refractivity contribution in [1.29, 1.82) is 0 Å². The van der Waals surface area contributed by atoms with Gasteiger partial charge in [0, 0.05) is 44.4 Å². The molecule has 11 heteroatoms. The highest BCUT2D eigenvalue weighted by Gasteiger charge is 2.30. The molecule has 0 aliphatic carbocycles. The van der Waals surface area contributed by atoms with Crippen molar-refractivity contribution in [1.82, 2.24) is 19.0 Å². The van der Waals surface area contributed by atoms with Crippen LogP contribution in [0, 0.1) is 18.6 Å². The summed E-state index contributed by atoms with van der Waals surface area (Å²) in [6.45, 7) is 5.05. The average molecular weight is 487 g/mol. The largest absolute Gasteiger partial charge is 0.337 e. The summed E-state index contributed by atoms with van der Waals surface area (Å²) in [5.74, 6) is -2.61. The fourth-order valence-corrected chi connectivity index (χ4v) is 5.16. The van der Waals surface area contributed by atoms with E-state index in [4.69, 9.17) is 11.6 Å². The number of sulfonamides is 1. The summed E-state index contributed by atoms with van der Waals surface area (Å²) in [7, 11) is -3.98. The fourth-order valence-electron chi connectivity index (χ4n) is 3.41. The van der Waals surface area contributed by atoms with E-state index in [1.807, 2.05) is 6.92 Å². The molecule has 174 valence electrons. The number of nitrogens with zero attached hydrogens (tertiary/aromatic N) is 4. The lowest BCUT2D eigenvalue weighted by Crippen LogP contribution is -2.50. The van der Waals surface area contributed by atoms with Crippen LogP contribution >= 0.6 is 11.6 Å². The van der Waals surface area contributed by atoms with Crippen LogP contribution in [0.25, 0.3) is 6.08 Å². The first-order chi connectivity index (χ1) is 15.1. The molecule has 0 bridgehead atoms. The third-order valence-corrected chi connectivity index (χ3v) is 7.60. The molecule has 1 aromatic heterocycles. The summed E-state index contributed by atoms with van der Waals surface area (Å²) in [6, 6.07) is 2.47. The molecule has 3 rings (SSSR count). The molecule has 0 spiro atoms. The van der Waals surface area contributed by atoms with Crippen LogP contribution in [0.4, 0.5) is 8.78 Å². The Balaban J connectivity index is 1.63. The Kier molecular flexibility index (Phi) is 7.68. The second kappa shape index (κ2) is 10.1. The van der Waals surface area contributed by atoms with Crippen molar-refractivity contribution in [3.8, 4) is 0 Å². The van der Waals surface area contributed by atoms with Crippen LogP contribution in [-0.4, -0.2) is 59.5 Å². The van der Waals surface area contributed by atoms with E-state index in [1.54, 1.807) is 10.8 Å². The van der Waals surface area contributed by atoms with Crippen molar-refractivity contribution >= 4 is 33.6 Å². The third kappa shape index (κ3) is 5.19. The number of aromatic nitrogens is 2. The maximum atomic E-state index is 13.5. The van der Waals surface area contributed by atoms with Gasteiger partial charge in [0.2, 0.25) is 15.9 Å². The van der Waals surface area contributed by atoms with E-state index >= 15 is 0 Å². The van der Waals surface area contributed by atoms with Gasteiger partial charge in [0.15, 0.2) is 11.6 Å². The van der Waals surface area contributed by atoms with E-state index in [-0.39, 0.29) is 37.0 Å².